The van der Waals surface area contributed by atoms with Crippen molar-refractivity contribution in [2.24, 2.45) is 5.41 Å². The Labute approximate surface area is 233 Å². The minimum atomic E-state index is -3.81. The molecule has 14 nitrogen and oxygen atoms in total. The molecule has 2 amide bonds. The summed E-state index contributed by atoms with van der Waals surface area (Å²) >= 11 is 0.944. The first kappa shape index (κ1) is 35.0. The average molecular weight is 598 g/mol. The van der Waals surface area contributed by atoms with Crippen molar-refractivity contribution in [2.75, 3.05) is 60.2 Å². The van der Waals surface area contributed by atoms with Crippen LogP contribution in [0.4, 0.5) is 0 Å². The van der Waals surface area contributed by atoms with Gasteiger partial charge in [0, 0.05) is 56.6 Å². The number of likely N-dealkylation sites (N-methyl/N-ethyl adjacent to an activating group) is 1. The van der Waals surface area contributed by atoms with Crippen LogP contribution < -0.4 is 15.7 Å². The van der Waals surface area contributed by atoms with Gasteiger partial charge in [-0.25, -0.2) is 4.57 Å². The Morgan fingerprint density at radius 2 is 1.77 bits per heavy atom. The molecule has 0 aromatic rings. The first-order valence-electron chi connectivity index (χ1n) is 12.3. The molecule has 1 unspecified atom stereocenters. The summed E-state index contributed by atoms with van der Waals surface area (Å²) in [5, 5.41) is 15.8. The lowest BCUT2D eigenvalue weighted by Gasteiger charge is -2.39. The van der Waals surface area contributed by atoms with Crippen LogP contribution in [0.15, 0.2) is 0 Å². The highest BCUT2D eigenvalue weighted by Crippen LogP contribution is 2.56. The molecule has 0 saturated carbocycles. The summed E-state index contributed by atoms with van der Waals surface area (Å²) in [4.78, 5) is 59.5. The van der Waals surface area contributed by atoms with Crippen molar-refractivity contribution in [1.29, 1.82) is 0 Å². The number of thioether (sulfide) groups is 1. The summed E-state index contributed by atoms with van der Waals surface area (Å²) in [6.07, 6.45) is -2.67. The number of esters is 1. The number of carbonyl (C=O) groups is 5. The smallest absolute Gasteiger partial charge is 0.475 e. The Hall–Kier alpha value is -2.03. The minimum Gasteiger partial charge on any atom is -0.550 e. The van der Waals surface area contributed by atoms with Crippen LogP contribution in [-0.4, -0.2) is 106 Å². The fraction of sp³-hybridized carbons (Fsp3) is 0.783. The summed E-state index contributed by atoms with van der Waals surface area (Å²) < 4.78 is 32.9. The zero-order valence-corrected chi connectivity index (χ0v) is 25.0. The van der Waals surface area contributed by atoms with Crippen molar-refractivity contribution in [3.05, 3.63) is 0 Å². The van der Waals surface area contributed by atoms with E-state index in [1.54, 1.807) is 13.8 Å². The molecule has 16 heteroatoms. The highest BCUT2D eigenvalue weighted by Gasteiger charge is 2.48. The number of phosphoric ester groups is 1. The number of carboxylic acid groups (broad SMARTS) is 1. The van der Waals surface area contributed by atoms with Crippen LogP contribution in [0.25, 0.3) is 0 Å². The number of rotatable bonds is 16. The van der Waals surface area contributed by atoms with Crippen LogP contribution in [0.1, 0.15) is 39.5 Å². The van der Waals surface area contributed by atoms with Crippen molar-refractivity contribution in [1.82, 2.24) is 10.6 Å². The SMILES string of the molecule is COP1(=O)OCC(C)(C)[C@H](C(=O)NCCC(=O)NCCSC(=O)CCC(=O)O[C@H](CC(=O)[O-])C[N+](C)(C)C)O1. The van der Waals surface area contributed by atoms with Crippen LogP contribution in [0.2, 0.25) is 0 Å². The molecule has 0 aromatic carbocycles. The van der Waals surface area contributed by atoms with E-state index < -0.39 is 49.7 Å². The predicted octanol–water partition coefficient (Wildman–Crippen LogP) is -0.397. The van der Waals surface area contributed by atoms with Crippen molar-refractivity contribution in [3.8, 4) is 0 Å². The Morgan fingerprint density at radius 1 is 1.10 bits per heavy atom. The summed E-state index contributed by atoms with van der Waals surface area (Å²) in [5.41, 5.74) is -0.761. The van der Waals surface area contributed by atoms with E-state index in [0.717, 1.165) is 18.9 Å². The summed E-state index contributed by atoms with van der Waals surface area (Å²) in [6, 6.07) is 0. The van der Waals surface area contributed by atoms with Crippen LogP contribution >= 0.6 is 19.6 Å². The van der Waals surface area contributed by atoms with E-state index in [1.807, 2.05) is 21.1 Å². The van der Waals surface area contributed by atoms with Crippen molar-refractivity contribution in [3.63, 3.8) is 0 Å². The van der Waals surface area contributed by atoms with Gasteiger partial charge in [-0.1, -0.05) is 25.6 Å². The van der Waals surface area contributed by atoms with Gasteiger partial charge in [0.2, 0.25) is 11.8 Å². The third kappa shape index (κ3) is 14.3. The molecule has 1 rings (SSSR count). The molecule has 0 bridgehead atoms. The lowest BCUT2D eigenvalue weighted by molar-refractivity contribution is -0.873. The van der Waals surface area contributed by atoms with Gasteiger partial charge in [0.1, 0.15) is 6.54 Å². The summed E-state index contributed by atoms with van der Waals surface area (Å²) in [6.45, 7) is 3.91. The van der Waals surface area contributed by atoms with Gasteiger partial charge in [0.05, 0.1) is 34.2 Å². The van der Waals surface area contributed by atoms with Crippen molar-refractivity contribution >= 4 is 48.5 Å². The minimum absolute atomic E-state index is 0.00616. The number of nitrogens with zero attached hydrogens (tertiary/aromatic N) is 1. The monoisotopic (exact) mass is 597 g/mol. The predicted molar refractivity (Wildman–Crippen MR) is 139 cm³/mol. The molecule has 1 fully saturated rings. The zero-order valence-electron chi connectivity index (χ0n) is 23.3. The average Bonchev–Trinajstić information content (AvgIpc) is 2.80. The quantitative estimate of drug-likeness (QED) is 0.102. The van der Waals surface area contributed by atoms with Crippen LogP contribution in [0, 0.1) is 5.41 Å². The maximum atomic E-state index is 12.5. The Kier molecular flexibility index (Phi) is 14.1. The highest BCUT2D eigenvalue weighted by atomic mass is 32.2. The lowest BCUT2D eigenvalue weighted by Crippen LogP contribution is -2.50. The number of hydrogen-bond donors (Lipinski definition) is 2. The molecule has 224 valence electrons. The number of phosphoric acid groups is 1. The van der Waals surface area contributed by atoms with Crippen LogP contribution in [-0.2, 0) is 46.8 Å². The molecule has 1 heterocycles. The molecule has 0 aliphatic carbocycles. The summed E-state index contributed by atoms with van der Waals surface area (Å²) in [7, 11) is 2.83. The number of quaternary nitrogens is 1. The van der Waals surface area contributed by atoms with Gasteiger partial charge in [-0.05, 0) is 0 Å². The fourth-order valence-electron chi connectivity index (χ4n) is 3.42. The van der Waals surface area contributed by atoms with E-state index in [-0.39, 0.29) is 62.3 Å². The van der Waals surface area contributed by atoms with Crippen LogP contribution in [0.5, 0.6) is 0 Å². The van der Waals surface area contributed by atoms with Gasteiger partial charge in [0.25, 0.3) is 0 Å². The van der Waals surface area contributed by atoms with E-state index in [2.05, 4.69) is 10.6 Å². The van der Waals surface area contributed by atoms with Gasteiger partial charge >= 0.3 is 13.8 Å². The first-order valence-corrected chi connectivity index (χ1v) is 14.8. The molecule has 1 saturated heterocycles. The Morgan fingerprint density at radius 3 is 2.36 bits per heavy atom. The number of hydrogen-bond acceptors (Lipinski definition) is 12. The van der Waals surface area contributed by atoms with Gasteiger partial charge in [-0.2, -0.15) is 0 Å². The molecule has 0 aromatic heterocycles. The van der Waals surface area contributed by atoms with Crippen LogP contribution in [0.3, 0.4) is 0 Å². The number of aliphatic carboxylic acids is 1. The Bertz CT molecular complexity index is 939. The Balaban J connectivity index is 2.27. The van der Waals surface area contributed by atoms with Gasteiger partial charge in [0.15, 0.2) is 17.3 Å². The largest absolute Gasteiger partial charge is 0.550 e. The van der Waals surface area contributed by atoms with E-state index in [4.69, 9.17) is 18.3 Å². The number of ether oxygens (including phenoxy) is 1. The van der Waals surface area contributed by atoms with E-state index in [1.165, 1.54) is 0 Å². The van der Waals surface area contributed by atoms with Crippen molar-refractivity contribution < 1.29 is 56.4 Å². The standard InChI is InChI=1S/C23H40N3O11PS/c1-23(2)15-35-38(33,34-6)37-21(23)22(32)25-10-9-17(27)24-11-12-39-20(31)8-7-19(30)36-16(13-18(28)29)14-26(3,4)5/h16,21H,7-15H2,1-6H3,(H2-,24,25,27,28,29,32)/t16-,21+,38?/m1/s1. The molecule has 1 aliphatic rings. The lowest BCUT2D eigenvalue weighted by atomic mass is 9.87. The molecule has 0 spiro atoms. The number of nitrogens with one attached hydrogen (secondary N) is 2. The summed E-state index contributed by atoms with van der Waals surface area (Å²) in [5.74, 6) is -2.61. The zero-order chi connectivity index (χ0) is 29.9. The molecular weight excluding hydrogens is 557 g/mol. The maximum Gasteiger partial charge on any atom is 0.475 e. The first-order chi connectivity index (χ1) is 18.0. The molecule has 2 N–H and O–H groups in total. The second kappa shape index (κ2) is 15.7. The molecule has 39 heavy (non-hydrogen) atoms. The highest BCUT2D eigenvalue weighted by molar-refractivity contribution is 8.13. The molecule has 1 aliphatic heterocycles. The van der Waals surface area contributed by atoms with Gasteiger partial charge in [-0.15, -0.1) is 0 Å². The van der Waals surface area contributed by atoms with Gasteiger partial charge < -0.3 is 29.8 Å². The maximum absolute atomic E-state index is 12.5. The third-order valence-electron chi connectivity index (χ3n) is 5.32. The normalized spacial score (nSPS) is 21.4. The van der Waals surface area contributed by atoms with E-state index in [0.29, 0.717) is 4.48 Å². The number of carbonyl (C=O) groups excluding carboxylic acids is 5. The third-order valence-corrected chi connectivity index (χ3v) is 7.61. The van der Waals surface area contributed by atoms with Gasteiger partial charge in [-0.3, -0.25) is 32.7 Å². The number of amides is 2. The fourth-order valence-corrected chi connectivity index (χ4v) is 5.48. The van der Waals surface area contributed by atoms with E-state index in [9.17, 15) is 33.6 Å². The molecule has 3 atom stereocenters. The number of carboxylic acids is 1. The molecular formula is C23H40N3O11PS. The second-order valence-electron chi connectivity index (χ2n) is 10.6. The van der Waals surface area contributed by atoms with Crippen molar-refractivity contribution in [2.45, 2.75) is 51.7 Å². The topological polar surface area (TPSA) is 186 Å². The van der Waals surface area contributed by atoms with E-state index >= 15 is 0 Å². The second-order valence-corrected chi connectivity index (χ2v) is 13.5. The molecule has 0 radical (unpaired) electrons.